The molecule has 2 amide bonds. The van der Waals surface area contributed by atoms with Gasteiger partial charge in [-0.15, -0.1) is 0 Å². The molecule has 1 N–H and O–H groups in total. The van der Waals surface area contributed by atoms with Gasteiger partial charge in [-0.1, -0.05) is 35.9 Å². The molecule has 2 aliphatic heterocycles. The Morgan fingerprint density at radius 2 is 2.19 bits per heavy atom. The number of carbonyl (C=O) groups is 2. The van der Waals surface area contributed by atoms with Crippen LogP contribution < -0.4 is 5.32 Å². The van der Waals surface area contributed by atoms with Crippen LogP contribution in [0, 0.1) is 6.92 Å². The highest BCUT2D eigenvalue weighted by atomic mass is 16.2. The minimum atomic E-state index is -0.656. The Morgan fingerprint density at radius 1 is 1.30 bits per heavy atom. The van der Waals surface area contributed by atoms with Crippen molar-refractivity contribution in [2.75, 3.05) is 13.1 Å². The molecule has 2 saturated heterocycles. The number of pyridine rings is 1. The summed E-state index contributed by atoms with van der Waals surface area (Å²) in [7, 11) is 0. The smallest absolute Gasteiger partial charge is 0.232 e. The van der Waals surface area contributed by atoms with E-state index in [9.17, 15) is 9.59 Å². The van der Waals surface area contributed by atoms with Gasteiger partial charge in [0, 0.05) is 43.9 Å². The maximum absolute atomic E-state index is 13.3. The summed E-state index contributed by atoms with van der Waals surface area (Å²) in [5.41, 5.74) is 2.45. The van der Waals surface area contributed by atoms with Crippen LogP contribution in [0.4, 0.5) is 0 Å². The number of rotatable bonds is 5. The Balaban J connectivity index is 1.55. The average molecular weight is 363 g/mol. The molecule has 5 heteroatoms. The molecular weight excluding hydrogens is 338 g/mol. The maximum atomic E-state index is 13.3. The van der Waals surface area contributed by atoms with E-state index >= 15 is 0 Å². The van der Waals surface area contributed by atoms with Crippen LogP contribution in [0.15, 0.2) is 48.7 Å². The van der Waals surface area contributed by atoms with Crippen LogP contribution in [0.2, 0.25) is 0 Å². The fourth-order valence-corrected chi connectivity index (χ4v) is 4.45. The van der Waals surface area contributed by atoms with Gasteiger partial charge in [-0.25, -0.2) is 0 Å². The number of hydrogen-bond donors (Lipinski definition) is 1. The number of carbonyl (C=O) groups excluding carboxylic acids is 2. The normalized spacial score (nSPS) is 24.1. The van der Waals surface area contributed by atoms with Gasteiger partial charge in [0.15, 0.2) is 0 Å². The van der Waals surface area contributed by atoms with E-state index in [1.807, 2.05) is 48.2 Å². The second kappa shape index (κ2) is 7.14. The predicted octanol–water partition coefficient (Wildman–Crippen LogP) is 2.38. The second-order valence-electron chi connectivity index (χ2n) is 7.70. The molecule has 1 aromatic carbocycles. The molecule has 0 spiro atoms. The van der Waals surface area contributed by atoms with Crippen molar-refractivity contribution in [2.45, 2.75) is 44.1 Å². The Morgan fingerprint density at radius 3 is 2.93 bits per heavy atom. The zero-order valence-corrected chi connectivity index (χ0v) is 15.6. The van der Waals surface area contributed by atoms with E-state index in [0.717, 1.165) is 23.2 Å². The molecule has 140 valence electrons. The Labute approximate surface area is 159 Å². The predicted molar refractivity (Wildman–Crippen MR) is 103 cm³/mol. The summed E-state index contributed by atoms with van der Waals surface area (Å²) in [6.45, 7) is 3.06. The number of hydrogen-bond acceptors (Lipinski definition) is 3. The van der Waals surface area contributed by atoms with Crippen molar-refractivity contribution in [1.29, 1.82) is 0 Å². The van der Waals surface area contributed by atoms with E-state index < -0.39 is 5.41 Å². The number of amides is 2. The van der Waals surface area contributed by atoms with E-state index in [1.165, 1.54) is 0 Å². The van der Waals surface area contributed by atoms with Gasteiger partial charge >= 0.3 is 0 Å². The largest absolute Gasteiger partial charge is 0.355 e. The summed E-state index contributed by atoms with van der Waals surface area (Å²) in [5.74, 6) is 0.196. The van der Waals surface area contributed by atoms with Gasteiger partial charge in [0.25, 0.3) is 0 Å². The van der Waals surface area contributed by atoms with Gasteiger partial charge in [-0.3, -0.25) is 14.6 Å². The first-order chi connectivity index (χ1) is 13.1. The first kappa shape index (κ1) is 17.7. The Kier molecular flexibility index (Phi) is 4.68. The van der Waals surface area contributed by atoms with Crippen LogP contribution in [0.25, 0.3) is 0 Å². The van der Waals surface area contributed by atoms with Crippen molar-refractivity contribution >= 4 is 11.8 Å². The zero-order chi connectivity index (χ0) is 18.9. The van der Waals surface area contributed by atoms with Gasteiger partial charge < -0.3 is 10.2 Å². The van der Waals surface area contributed by atoms with Crippen molar-refractivity contribution in [2.24, 2.45) is 0 Å². The van der Waals surface area contributed by atoms with Gasteiger partial charge in [0.2, 0.25) is 11.8 Å². The van der Waals surface area contributed by atoms with Gasteiger partial charge in [0.05, 0.1) is 5.41 Å². The highest BCUT2D eigenvalue weighted by Crippen LogP contribution is 2.43. The van der Waals surface area contributed by atoms with E-state index in [4.69, 9.17) is 0 Å². The van der Waals surface area contributed by atoms with E-state index in [0.29, 0.717) is 32.4 Å². The lowest BCUT2D eigenvalue weighted by molar-refractivity contribution is -0.129. The molecule has 0 aliphatic carbocycles. The summed E-state index contributed by atoms with van der Waals surface area (Å²) >= 11 is 0. The van der Waals surface area contributed by atoms with Crippen molar-refractivity contribution in [3.8, 4) is 0 Å². The molecular formula is C22H25N3O2. The third kappa shape index (κ3) is 3.34. The number of fused-ring (bicyclic) bond motifs is 1. The number of nitrogens with one attached hydrogen (secondary N) is 1. The molecule has 2 aromatic rings. The topological polar surface area (TPSA) is 62.3 Å². The fraction of sp³-hybridized carbons (Fsp3) is 0.409. The van der Waals surface area contributed by atoms with Gasteiger partial charge in [-0.05, 0) is 37.5 Å². The number of benzene rings is 1. The monoisotopic (exact) mass is 363 g/mol. The molecule has 27 heavy (non-hydrogen) atoms. The molecule has 1 aromatic heterocycles. The first-order valence-corrected chi connectivity index (χ1v) is 9.63. The highest BCUT2D eigenvalue weighted by molar-refractivity contribution is 5.91. The summed E-state index contributed by atoms with van der Waals surface area (Å²) in [5, 5.41) is 3.12. The van der Waals surface area contributed by atoms with Crippen molar-refractivity contribution in [1.82, 2.24) is 15.2 Å². The Hall–Kier alpha value is -2.69. The molecule has 2 aliphatic rings. The van der Waals surface area contributed by atoms with Gasteiger partial charge in [0.1, 0.15) is 0 Å². The number of aryl methyl sites for hydroxylation is 1. The quantitative estimate of drug-likeness (QED) is 0.887. The lowest BCUT2D eigenvalue weighted by Crippen LogP contribution is -2.47. The van der Waals surface area contributed by atoms with Crippen molar-refractivity contribution in [3.63, 3.8) is 0 Å². The summed E-state index contributed by atoms with van der Waals surface area (Å²) < 4.78 is 0. The second-order valence-corrected chi connectivity index (χ2v) is 7.70. The minimum Gasteiger partial charge on any atom is -0.355 e. The minimum absolute atomic E-state index is 0.0197. The summed E-state index contributed by atoms with van der Waals surface area (Å²) in [6, 6.07) is 14.1. The molecule has 2 unspecified atom stereocenters. The fourth-order valence-electron chi connectivity index (χ4n) is 4.45. The summed E-state index contributed by atoms with van der Waals surface area (Å²) in [6.07, 6.45) is 4.63. The summed E-state index contributed by atoms with van der Waals surface area (Å²) in [4.78, 5) is 31.8. The van der Waals surface area contributed by atoms with Crippen LogP contribution in [0.1, 0.15) is 36.1 Å². The molecule has 2 atom stereocenters. The van der Waals surface area contributed by atoms with Crippen LogP contribution >= 0.6 is 0 Å². The molecule has 4 rings (SSSR count). The van der Waals surface area contributed by atoms with E-state index in [-0.39, 0.29) is 17.9 Å². The highest BCUT2D eigenvalue weighted by Gasteiger charge is 2.53. The zero-order valence-electron chi connectivity index (χ0n) is 15.6. The number of aromatic nitrogens is 1. The lowest BCUT2D eigenvalue weighted by atomic mass is 9.76. The Bertz CT molecular complexity index is 852. The molecule has 2 fully saturated rings. The third-order valence-corrected chi connectivity index (χ3v) is 5.88. The molecule has 3 heterocycles. The first-order valence-electron chi connectivity index (χ1n) is 9.63. The maximum Gasteiger partial charge on any atom is 0.232 e. The molecule has 5 nitrogen and oxygen atoms in total. The van der Waals surface area contributed by atoms with Crippen molar-refractivity contribution in [3.05, 3.63) is 65.5 Å². The van der Waals surface area contributed by atoms with Crippen LogP contribution in [-0.4, -0.2) is 40.8 Å². The van der Waals surface area contributed by atoms with Crippen LogP contribution in [-0.2, 0) is 21.4 Å². The lowest BCUT2D eigenvalue weighted by Gasteiger charge is -2.29. The number of nitrogens with zero attached hydrogens (tertiary/aromatic N) is 2. The van der Waals surface area contributed by atoms with Gasteiger partial charge in [-0.2, -0.15) is 0 Å². The molecule has 0 radical (unpaired) electrons. The SMILES string of the molecule is Cc1cccc(C2(C(=O)NCCc3ccccn3)CC3CCC(=O)N3C2)c1. The standard InChI is InChI=1S/C22H25N3O2/c1-16-5-4-6-17(13-16)22(14-19-8-9-20(26)25(19)15-22)21(27)24-12-10-18-7-2-3-11-23-18/h2-7,11,13,19H,8-10,12,14-15H2,1H3,(H,24,27). The van der Waals surface area contributed by atoms with Crippen LogP contribution in [0.5, 0.6) is 0 Å². The van der Waals surface area contributed by atoms with Crippen molar-refractivity contribution < 1.29 is 9.59 Å². The third-order valence-electron chi connectivity index (χ3n) is 5.88. The van der Waals surface area contributed by atoms with E-state index in [2.05, 4.69) is 16.4 Å². The average Bonchev–Trinajstić information content (AvgIpc) is 3.22. The van der Waals surface area contributed by atoms with E-state index in [1.54, 1.807) is 6.20 Å². The van der Waals surface area contributed by atoms with Crippen LogP contribution in [0.3, 0.4) is 0 Å². The molecule has 0 saturated carbocycles. The molecule has 0 bridgehead atoms.